The van der Waals surface area contributed by atoms with Crippen LogP contribution in [0.15, 0.2) is 6.33 Å². The van der Waals surface area contributed by atoms with Crippen molar-refractivity contribution >= 4 is 53.1 Å². The number of esters is 1. The molecule has 2 fully saturated rings. The third-order valence-electron chi connectivity index (χ3n) is 6.29. The van der Waals surface area contributed by atoms with Crippen molar-refractivity contribution in [3.63, 3.8) is 0 Å². The van der Waals surface area contributed by atoms with E-state index in [2.05, 4.69) is 30.7 Å². The summed E-state index contributed by atoms with van der Waals surface area (Å²) in [7, 11) is 1.42. The summed E-state index contributed by atoms with van der Waals surface area (Å²) >= 11 is 0.725. The predicted octanol–water partition coefficient (Wildman–Crippen LogP) is 0.307. The smallest absolute Gasteiger partial charge is 0.327 e. The first kappa shape index (κ1) is 30.9. The lowest BCUT2D eigenvalue weighted by Gasteiger charge is -2.25. The summed E-state index contributed by atoms with van der Waals surface area (Å²) in [4.78, 5) is 48.4. The molecule has 0 saturated carbocycles. The molecule has 7 atom stereocenters. The number of hydrogen-bond donors (Lipinski definition) is 5. The molecule has 226 valence electrons. The van der Waals surface area contributed by atoms with Crippen molar-refractivity contribution < 1.29 is 42.8 Å². The number of anilines is 1. The number of hydrogen-bond acceptors (Lipinski definition) is 14. The second kappa shape index (κ2) is 12.5. The normalized spacial score (nSPS) is 26.6. The monoisotopic (exact) mass is 616 g/mol. The van der Waals surface area contributed by atoms with Gasteiger partial charge < -0.3 is 34.9 Å². The van der Waals surface area contributed by atoms with E-state index >= 15 is 0 Å². The number of nitrogens with zero attached hydrogens (tertiary/aromatic N) is 4. The van der Waals surface area contributed by atoms with E-state index in [1.807, 2.05) is 0 Å². The maximum absolute atomic E-state index is 13.9. The average Bonchev–Trinajstić information content (AvgIpc) is 3.55. The summed E-state index contributed by atoms with van der Waals surface area (Å²) in [5.41, 5.74) is 6.49. The molecule has 2 aromatic rings. The fourth-order valence-corrected chi connectivity index (χ4v) is 8.11. The Hall–Kier alpha value is -3.02. The zero-order chi connectivity index (χ0) is 30.1. The second-order valence-corrected chi connectivity index (χ2v) is 14.1. The maximum atomic E-state index is 13.9. The molecule has 2 aliphatic heterocycles. The molecule has 0 radical (unpaired) electrons. The van der Waals surface area contributed by atoms with Crippen molar-refractivity contribution in [2.24, 2.45) is 5.92 Å². The Morgan fingerprint density at radius 2 is 2.07 bits per heavy atom. The number of aliphatic hydroxyl groups excluding tert-OH is 1. The number of fused-ring (bicyclic) bond motifs is 1. The van der Waals surface area contributed by atoms with Crippen molar-refractivity contribution in [2.75, 3.05) is 25.2 Å². The van der Waals surface area contributed by atoms with Gasteiger partial charge in [-0.05, 0) is 20.8 Å². The van der Waals surface area contributed by atoms with Gasteiger partial charge in [0.15, 0.2) is 11.2 Å². The molecule has 0 aliphatic carbocycles. The molecule has 4 heterocycles. The highest BCUT2D eigenvalue weighted by Gasteiger charge is 2.44. The van der Waals surface area contributed by atoms with Gasteiger partial charge in [0.05, 0.1) is 32.3 Å². The summed E-state index contributed by atoms with van der Waals surface area (Å²) in [5.74, 6) is -1.71. The predicted molar refractivity (Wildman–Crippen MR) is 146 cm³/mol. The number of rotatable bonds is 12. The minimum atomic E-state index is -3.94. The van der Waals surface area contributed by atoms with Gasteiger partial charge in [-0.3, -0.25) is 24.0 Å². The van der Waals surface area contributed by atoms with Gasteiger partial charge in [-0.25, -0.2) is 14.9 Å². The minimum absolute atomic E-state index is 0.0385. The number of ether oxygens (including phenoxy) is 3. The third kappa shape index (κ3) is 6.90. The Balaban J connectivity index is 1.49. The standard InChI is InChI=1S/C22H33N8O9PS/c1-9(2)38-20(33)11(4)29-40(35,41-7-12-17(32)27-22(34)25-12)37-6-13-15(31)10(3)19(39-13)30-8-24-14-16(30)26-21(23)28-18(14)36-5/h8-13,15,19,31H,6-7H2,1-5H3,(H,29,35)(H2,23,26,28)(H2,25,27,32,34)/t10-,11-,12+,13+,15-,19+,40?/m0/s1. The van der Waals surface area contributed by atoms with Gasteiger partial charge in [0.2, 0.25) is 11.8 Å². The van der Waals surface area contributed by atoms with Crippen LogP contribution in [-0.2, 0) is 28.2 Å². The molecule has 1 unspecified atom stereocenters. The van der Waals surface area contributed by atoms with Crippen molar-refractivity contribution in [1.29, 1.82) is 0 Å². The molecule has 41 heavy (non-hydrogen) atoms. The van der Waals surface area contributed by atoms with Gasteiger partial charge in [0, 0.05) is 11.7 Å². The lowest BCUT2D eigenvalue weighted by molar-refractivity contribution is -0.149. The number of nitrogens with one attached hydrogen (secondary N) is 3. The molecule has 17 nitrogen and oxygen atoms in total. The first-order valence-electron chi connectivity index (χ1n) is 12.7. The Morgan fingerprint density at radius 1 is 1.34 bits per heavy atom. The van der Waals surface area contributed by atoms with Crippen molar-refractivity contribution in [3.05, 3.63) is 6.33 Å². The molecule has 0 aromatic carbocycles. The van der Waals surface area contributed by atoms with Crippen LogP contribution < -0.4 is 26.2 Å². The lowest BCUT2D eigenvalue weighted by atomic mass is 10.0. The number of imide groups is 1. The minimum Gasteiger partial charge on any atom is -0.479 e. The molecule has 6 N–H and O–H groups in total. The number of aromatic nitrogens is 4. The molecule has 2 aromatic heterocycles. The first-order valence-corrected chi connectivity index (χ1v) is 15.9. The van der Waals surface area contributed by atoms with E-state index in [9.17, 15) is 24.1 Å². The van der Waals surface area contributed by atoms with Crippen LogP contribution in [-0.4, -0.2) is 92.4 Å². The molecule has 2 saturated heterocycles. The average molecular weight is 617 g/mol. The van der Waals surface area contributed by atoms with Crippen LogP contribution in [0.25, 0.3) is 11.2 Å². The van der Waals surface area contributed by atoms with Gasteiger partial charge in [0.1, 0.15) is 24.4 Å². The van der Waals surface area contributed by atoms with E-state index in [-0.39, 0.29) is 24.2 Å². The largest absolute Gasteiger partial charge is 0.479 e. The number of carbonyl (C=O) groups excluding carboxylic acids is 3. The van der Waals surface area contributed by atoms with Crippen LogP contribution in [0.4, 0.5) is 10.7 Å². The molecule has 19 heteroatoms. The summed E-state index contributed by atoms with van der Waals surface area (Å²) in [5, 5.41) is 18.2. The van der Waals surface area contributed by atoms with Crippen LogP contribution >= 0.6 is 18.1 Å². The zero-order valence-electron chi connectivity index (χ0n) is 23.0. The number of amides is 3. The van der Waals surface area contributed by atoms with E-state index in [0.29, 0.717) is 11.2 Å². The highest BCUT2D eigenvalue weighted by Crippen LogP contribution is 2.57. The number of nitrogen functional groups attached to an aromatic ring is 1. The summed E-state index contributed by atoms with van der Waals surface area (Å²) in [6.45, 7) is 2.27. The van der Waals surface area contributed by atoms with Crippen LogP contribution in [0.2, 0.25) is 0 Å². The maximum Gasteiger partial charge on any atom is 0.327 e. The van der Waals surface area contributed by atoms with Crippen LogP contribution in [0, 0.1) is 5.92 Å². The van der Waals surface area contributed by atoms with Gasteiger partial charge in [-0.2, -0.15) is 9.97 Å². The molecular formula is C22H33N8O9PS. The van der Waals surface area contributed by atoms with Crippen LogP contribution in [0.5, 0.6) is 5.88 Å². The van der Waals surface area contributed by atoms with E-state index < -0.39 is 67.2 Å². The van der Waals surface area contributed by atoms with Crippen molar-refractivity contribution in [1.82, 2.24) is 35.2 Å². The number of imidazole rings is 1. The number of methoxy groups -OCH3 is 1. The highest BCUT2D eigenvalue weighted by molar-refractivity contribution is 8.56. The van der Waals surface area contributed by atoms with Crippen molar-refractivity contribution in [3.8, 4) is 5.88 Å². The van der Waals surface area contributed by atoms with E-state index in [0.717, 1.165) is 11.4 Å². The second-order valence-electron chi connectivity index (χ2n) is 9.77. The fourth-order valence-electron chi connectivity index (χ4n) is 4.24. The SMILES string of the molecule is COc1nc(N)nc2c1ncn2[C@@H]1O[C@H](COP(=O)(N[C@@H](C)C(=O)OC(C)C)SC[C@H]2NC(=O)NC2=O)[C@@H](O)[C@@H]1C. The summed E-state index contributed by atoms with van der Waals surface area (Å²) in [6, 6.07) is -2.67. The summed E-state index contributed by atoms with van der Waals surface area (Å²) < 4.78 is 37.7. The summed E-state index contributed by atoms with van der Waals surface area (Å²) in [6.07, 6.45) is -1.70. The van der Waals surface area contributed by atoms with Crippen molar-refractivity contribution in [2.45, 2.75) is 64.3 Å². The van der Waals surface area contributed by atoms with Gasteiger partial charge in [0.25, 0.3) is 5.91 Å². The number of carbonyl (C=O) groups is 3. The van der Waals surface area contributed by atoms with Crippen LogP contribution in [0.3, 0.4) is 0 Å². The lowest BCUT2D eigenvalue weighted by Crippen LogP contribution is -2.37. The van der Waals surface area contributed by atoms with Crippen LogP contribution in [0.1, 0.15) is 33.9 Å². The number of nitrogens with two attached hydrogens (primary N) is 1. The topological polar surface area (TPSA) is 231 Å². The Labute approximate surface area is 238 Å². The molecule has 0 bridgehead atoms. The molecule has 2 aliphatic rings. The quantitative estimate of drug-likeness (QED) is 0.123. The molecular weight excluding hydrogens is 583 g/mol. The molecule has 3 amide bonds. The Kier molecular flexibility index (Phi) is 9.40. The van der Waals surface area contributed by atoms with E-state index in [1.54, 1.807) is 25.3 Å². The molecule has 0 spiro atoms. The number of aliphatic hydroxyl groups is 1. The van der Waals surface area contributed by atoms with Gasteiger partial charge >= 0.3 is 18.7 Å². The highest BCUT2D eigenvalue weighted by atomic mass is 32.7. The Bertz CT molecular complexity index is 1360. The molecule has 4 rings (SSSR count). The van der Waals surface area contributed by atoms with Gasteiger partial charge in [-0.15, -0.1) is 0 Å². The van der Waals surface area contributed by atoms with Gasteiger partial charge in [-0.1, -0.05) is 18.3 Å². The van der Waals surface area contributed by atoms with E-state index in [1.165, 1.54) is 20.4 Å². The zero-order valence-corrected chi connectivity index (χ0v) is 24.7. The Morgan fingerprint density at radius 3 is 2.71 bits per heavy atom. The number of urea groups is 1. The first-order chi connectivity index (χ1) is 19.3. The fraction of sp³-hybridized carbons (Fsp3) is 0.636. The third-order valence-corrected chi connectivity index (χ3v) is 10.4. The van der Waals surface area contributed by atoms with E-state index in [4.69, 9.17) is 24.5 Å².